The minimum atomic E-state index is -0.802. The molecule has 1 fully saturated rings. The highest BCUT2D eigenvalue weighted by Gasteiger charge is 2.23. The van der Waals surface area contributed by atoms with Crippen LogP contribution in [-0.2, 0) is 24.2 Å². The number of carbonyl (C=O) groups is 1. The number of amides is 1. The van der Waals surface area contributed by atoms with Gasteiger partial charge in [-0.15, -0.1) is 11.3 Å². The summed E-state index contributed by atoms with van der Waals surface area (Å²) < 4.78 is 26.3. The fourth-order valence-electron chi connectivity index (χ4n) is 3.10. The average Bonchev–Trinajstić information content (AvgIpc) is 3.13. The lowest BCUT2D eigenvalue weighted by Gasteiger charge is -2.14. The highest BCUT2D eigenvalue weighted by atomic mass is 32.1. The molecule has 0 saturated carbocycles. The number of likely N-dealkylation sites (tertiary alicyclic amines) is 1. The summed E-state index contributed by atoms with van der Waals surface area (Å²) in [5.74, 6) is -1.52. The van der Waals surface area contributed by atoms with Crippen molar-refractivity contribution in [3.8, 4) is 0 Å². The highest BCUT2D eigenvalue weighted by Crippen LogP contribution is 2.24. The Kier molecular flexibility index (Phi) is 5.20. The number of benzene rings is 1. The third-order valence-electron chi connectivity index (χ3n) is 4.18. The van der Waals surface area contributed by atoms with Crippen LogP contribution < -0.4 is 5.73 Å². The molecule has 1 atom stereocenters. The smallest absolute Gasteiger partial charge is 0.224 e. The van der Waals surface area contributed by atoms with Gasteiger partial charge in [-0.2, -0.15) is 0 Å². The normalized spacial score (nSPS) is 18.2. The quantitative estimate of drug-likeness (QED) is 0.870. The van der Waals surface area contributed by atoms with E-state index in [1.807, 2.05) is 0 Å². The van der Waals surface area contributed by atoms with Crippen molar-refractivity contribution >= 4 is 17.2 Å². The topological polar surface area (TPSA) is 59.2 Å². The average molecular weight is 351 g/mol. The summed E-state index contributed by atoms with van der Waals surface area (Å²) in [6.07, 6.45) is 3.77. The second-order valence-electron chi connectivity index (χ2n) is 6.21. The number of nitrogens with zero attached hydrogens (tertiary/aromatic N) is 2. The molecule has 7 heteroatoms. The number of hydrogen-bond acceptors (Lipinski definition) is 4. The number of aromatic nitrogens is 1. The van der Waals surface area contributed by atoms with Crippen LogP contribution in [0.25, 0.3) is 0 Å². The Labute approximate surface area is 143 Å². The van der Waals surface area contributed by atoms with Crippen LogP contribution in [0.5, 0.6) is 0 Å². The predicted molar refractivity (Wildman–Crippen MR) is 88.5 cm³/mol. The van der Waals surface area contributed by atoms with Crippen LogP contribution in [0.3, 0.4) is 0 Å². The molecule has 0 bridgehead atoms. The van der Waals surface area contributed by atoms with Gasteiger partial charge in [0.25, 0.3) is 0 Å². The summed E-state index contributed by atoms with van der Waals surface area (Å²) in [6, 6.07) is 4.13. The standard InChI is InChI=1S/C17H19F2N3OS/c18-14-2-1-11(6-15(14)19)5-12-3-4-22(9-12)10-13-8-21-17(24-13)7-16(20)23/h1-2,6,8,12H,3-5,7,9-10H2,(H2,20,23). The highest BCUT2D eigenvalue weighted by molar-refractivity contribution is 7.11. The van der Waals surface area contributed by atoms with E-state index in [1.165, 1.54) is 23.5 Å². The van der Waals surface area contributed by atoms with Crippen LogP contribution in [0.4, 0.5) is 8.78 Å². The lowest BCUT2D eigenvalue weighted by atomic mass is 9.98. The molecule has 1 aliphatic rings. The number of nitrogens with two attached hydrogens (primary N) is 1. The largest absolute Gasteiger partial charge is 0.369 e. The lowest BCUT2D eigenvalue weighted by molar-refractivity contribution is -0.117. The molecule has 0 spiro atoms. The monoisotopic (exact) mass is 351 g/mol. The zero-order valence-corrected chi connectivity index (χ0v) is 14.0. The first-order valence-corrected chi connectivity index (χ1v) is 8.69. The van der Waals surface area contributed by atoms with Crippen molar-refractivity contribution in [1.82, 2.24) is 9.88 Å². The minimum absolute atomic E-state index is 0.184. The van der Waals surface area contributed by atoms with Crippen molar-refractivity contribution in [1.29, 1.82) is 0 Å². The molecule has 0 aliphatic carbocycles. The van der Waals surface area contributed by atoms with Crippen LogP contribution in [0.15, 0.2) is 24.4 Å². The Morgan fingerprint density at radius 1 is 1.38 bits per heavy atom. The van der Waals surface area contributed by atoms with Crippen LogP contribution in [0.2, 0.25) is 0 Å². The molecule has 1 aromatic heterocycles. The van der Waals surface area contributed by atoms with E-state index < -0.39 is 11.6 Å². The number of primary amides is 1. The fourth-order valence-corrected chi connectivity index (χ4v) is 4.07. The lowest BCUT2D eigenvalue weighted by Crippen LogP contribution is -2.20. The van der Waals surface area contributed by atoms with Gasteiger partial charge in [-0.1, -0.05) is 6.07 Å². The molecule has 1 unspecified atom stereocenters. The summed E-state index contributed by atoms with van der Waals surface area (Å²) in [6.45, 7) is 2.68. The van der Waals surface area contributed by atoms with Crippen molar-refractivity contribution < 1.29 is 13.6 Å². The molecule has 1 aliphatic heterocycles. The second-order valence-corrected chi connectivity index (χ2v) is 7.41. The van der Waals surface area contributed by atoms with Crippen LogP contribution in [0.1, 0.15) is 21.9 Å². The predicted octanol–water partition coefficient (Wildman–Crippen LogP) is 2.51. The third kappa shape index (κ3) is 4.36. The van der Waals surface area contributed by atoms with E-state index in [0.717, 1.165) is 47.9 Å². The summed E-state index contributed by atoms with van der Waals surface area (Å²) in [5.41, 5.74) is 6.01. The third-order valence-corrected chi connectivity index (χ3v) is 5.17. The van der Waals surface area contributed by atoms with Gasteiger partial charge in [-0.3, -0.25) is 9.69 Å². The molecule has 24 heavy (non-hydrogen) atoms. The number of halogens is 2. The van der Waals surface area contributed by atoms with E-state index in [1.54, 1.807) is 12.3 Å². The van der Waals surface area contributed by atoms with E-state index in [-0.39, 0.29) is 12.3 Å². The van der Waals surface area contributed by atoms with Gasteiger partial charge in [0.1, 0.15) is 5.01 Å². The molecule has 2 N–H and O–H groups in total. The zero-order chi connectivity index (χ0) is 17.1. The Morgan fingerprint density at radius 3 is 2.96 bits per heavy atom. The second kappa shape index (κ2) is 7.36. The van der Waals surface area contributed by atoms with Crippen LogP contribution in [-0.4, -0.2) is 28.9 Å². The van der Waals surface area contributed by atoms with E-state index >= 15 is 0 Å². The van der Waals surface area contributed by atoms with Crippen molar-refractivity contribution in [2.45, 2.75) is 25.8 Å². The maximum Gasteiger partial charge on any atom is 0.224 e. The van der Waals surface area contributed by atoms with E-state index in [0.29, 0.717) is 5.92 Å². The number of thiazole rings is 1. The van der Waals surface area contributed by atoms with Gasteiger partial charge in [-0.25, -0.2) is 13.8 Å². The molecule has 128 valence electrons. The van der Waals surface area contributed by atoms with Crippen molar-refractivity contribution in [2.75, 3.05) is 13.1 Å². The maximum absolute atomic E-state index is 13.3. The molecule has 4 nitrogen and oxygen atoms in total. The van der Waals surface area contributed by atoms with E-state index in [9.17, 15) is 13.6 Å². The Bertz CT molecular complexity index is 734. The van der Waals surface area contributed by atoms with E-state index in [2.05, 4.69) is 9.88 Å². The molecule has 0 radical (unpaired) electrons. The molecule has 1 aromatic carbocycles. The molecule has 3 rings (SSSR count). The Hall–Kier alpha value is -1.86. The Morgan fingerprint density at radius 2 is 2.21 bits per heavy atom. The van der Waals surface area contributed by atoms with E-state index in [4.69, 9.17) is 5.73 Å². The first-order chi connectivity index (χ1) is 11.5. The van der Waals surface area contributed by atoms with Gasteiger partial charge in [0.05, 0.1) is 6.42 Å². The van der Waals surface area contributed by atoms with Crippen LogP contribution >= 0.6 is 11.3 Å². The van der Waals surface area contributed by atoms with Gasteiger partial charge >= 0.3 is 0 Å². The zero-order valence-electron chi connectivity index (χ0n) is 13.2. The van der Waals surface area contributed by atoms with Gasteiger partial charge in [0.2, 0.25) is 5.91 Å². The van der Waals surface area contributed by atoms with Gasteiger partial charge in [0.15, 0.2) is 11.6 Å². The van der Waals surface area contributed by atoms with Gasteiger partial charge in [0, 0.05) is 24.2 Å². The van der Waals surface area contributed by atoms with Crippen molar-refractivity contribution in [3.05, 3.63) is 51.5 Å². The number of rotatable bonds is 6. The number of hydrogen-bond donors (Lipinski definition) is 1. The molecular weight excluding hydrogens is 332 g/mol. The summed E-state index contributed by atoms with van der Waals surface area (Å²) in [7, 11) is 0. The molecule has 2 heterocycles. The summed E-state index contributed by atoms with van der Waals surface area (Å²) >= 11 is 1.51. The molecule has 1 amide bonds. The molecule has 1 saturated heterocycles. The summed E-state index contributed by atoms with van der Waals surface area (Å²) in [5, 5.41) is 0.745. The maximum atomic E-state index is 13.3. The van der Waals surface area contributed by atoms with Crippen molar-refractivity contribution in [3.63, 3.8) is 0 Å². The van der Waals surface area contributed by atoms with Crippen molar-refractivity contribution in [2.24, 2.45) is 11.7 Å². The van der Waals surface area contributed by atoms with Crippen LogP contribution in [0, 0.1) is 17.6 Å². The SMILES string of the molecule is NC(=O)Cc1ncc(CN2CCC(Cc3ccc(F)c(F)c3)C2)s1. The minimum Gasteiger partial charge on any atom is -0.369 e. The van der Waals surface area contributed by atoms with Gasteiger partial charge in [-0.05, 0) is 43.0 Å². The molecule has 2 aromatic rings. The first kappa shape index (κ1) is 17.0. The first-order valence-electron chi connectivity index (χ1n) is 7.88. The number of carbonyl (C=O) groups excluding carboxylic acids is 1. The fraction of sp³-hybridized carbons (Fsp3) is 0.412. The summed E-state index contributed by atoms with van der Waals surface area (Å²) in [4.78, 5) is 18.6. The Balaban J connectivity index is 1.52. The van der Waals surface area contributed by atoms with Gasteiger partial charge < -0.3 is 5.73 Å². The molecular formula is C17H19F2N3OS.